The minimum atomic E-state index is -0.235. The minimum Gasteiger partial charge on any atom is -0.389 e. The molecule has 0 radical (unpaired) electrons. The van der Waals surface area contributed by atoms with Crippen LogP contribution in [-0.2, 0) is 0 Å². The highest BCUT2D eigenvalue weighted by Crippen LogP contribution is 2.28. The molecule has 32 heavy (non-hydrogen) atoms. The van der Waals surface area contributed by atoms with E-state index >= 15 is 0 Å². The molecule has 0 amide bonds. The molecule has 0 aromatic rings. The van der Waals surface area contributed by atoms with E-state index in [1.807, 2.05) is 6.08 Å². The third-order valence-electron chi connectivity index (χ3n) is 7.36. The van der Waals surface area contributed by atoms with Crippen molar-refractivity contribution in [3.8, 4) is 0 Å². The Morgan fingerprint density at radius 1 is 0.812 bits per heavy atom. The van der Waals surface area contributed by atoms with Crippen LogP contribution >= 0.6 is 0 Å². The van der Waals surface area contributed by atoms with Gasteiger partial charge in [-0.05, 0) is 50.9 Å². The summed E-state index contributed by atoms with van der Waals surface area (Å²) in [5.74, 6) is 0. The molecule has 0 saturated carbocycles. The first-order valence-corrected chi connectivity index (χ1v) is 14.1. The first-order valence-electron chi connectivity index (χ1n) is 14.1. The van der Waals surface area contributed by atoms with E-state index < -0.39 is 0 Å². The number of hydrogen-bond acceptors (Lipinski definition) is 2. The second-order valence-electron chi connectivity index (χ2n) is 10.7. The molecule has 3 unspecified atom stereocenters. The van der Waals surface area contributed by atoms with E-state index in [4.69, 9.17) is 0 Å². The maximum Gasteiger partial charge on any atom is 0.0720 e. The molecule has 2 N–H and O–H groups in total. The molecule has 0 aliphatic heterocycles. The Bertz CT molecular complexity index is 460. The van der Waals surface area contributed by atoms with E-state index in [1.165, 1.54) is 89.9 Å². The normalized spacial score (nSPS) is 16.7. The van der Waals surface area contributed by atoms with Gasteiger partial charge in [-0.25, -0.2) is 0 Å². The lowest BCUT2D eigenvalue weighted by molar-refractivity contribution is 0.207. The molecule has 0 saturated heterocycles. The molecule has 2 heteroatoms. The van der Waals surface area contributed by atoms with Crippen LogP contribution in [0, 0.1) is 5.41 Å². The highest BCUT2D eigenvalue weighted by molar-refractivity contribution is 5.00. The van der Waals surface area contributed by atoms with Gasteiger partial charge in [0.25, 0.3) is 0 Å². The first-order chi connectivity index (χ1) is 15.3. The van der Waals surface area contributed by atoms with Crippen LogP contribution in [0.3, 0.4) is 0 Å². The van der Waals surface area contributed by atoms with Gasteiger partial charge >= 0.3 is 0 Å². The average molecular weight is 450 g/mol. The average Bonchev–Trinajstić information content (AvgIpc) is 2.79. The van der Waals surface area contributed by atoms with Crippen LogP contribution in [0.5, 0.6) is 0 Å². The Balaban J connectivity index is 3.79. The van der Waals surface area contributed by atoms with E-state index in [0.29, 0.717) is 5.41 Å². The number of unbranched alkanes of at least 4 members (excludes halogenated alkanes) is 10. The number of aliphatic hydroxyl groups is 1. The monoisotopic (exact) mass is 449 g/mol. The molecule has 0 aliphatic rings. The van der Waals surface area contributed by atoms with Crippen molar-refractivity contribution in [2.45, 2.75) is 155 Å². The van der Waals surface area contributed by atoms with Gasteiger partial charge in [-0.3, -0.25) is 0 Å². The van der Waals surface area contributed by atoms with Gasteiger partial charge in [-0.2, -0.15) is 0 Å². The molecule has 2 nitrogen and oxygen atoms in total. The van der Waals surface area contributed by atoms with Crippen LogP contribution in [0.1, 0.15) is 144 Å². The predicted octanol–water partition coefficient (Wildman–Crippen LogP) is 9.14. The SMILES string of the molecule is C=CC(C)(CCCCCCCC/C=C/C(O)CCCCCCC)NCC(C)(CC)CCC. The van der Waals surface area contributed by atoms with Crippen LogP contribution in [0.15, 0.2) is 24.8 Å². The van der Waals surface area contributed by atoms with Crippen molar-refractivity contribution in [1.82, 2.24) is 5.32 Å². The minimum absolute atomic E-state index is 0.0613. The third kappa shape index (κ3) is 17.0. The maximum absolute atomic E-state index is 10.0. The van der Waals surface area contributed by atoms with Gasteiger partial charge in [-0.1, -0.05) is 117 Å². The zero-order chi connectivity index (χ0) is 24.1. The Kier molecular flexibility index (Phi) is 19.5. The first kappa shape index (κ1) is 31.4. The van der Waals surface area contributed by atoms with Crippen molar-refractivity contribution in [3.63, 3.8) is 0 Å². The van der Waals surface area contributed by atoms with E-state index in [0.717, 1.165) is 25.8 Å². The highest BCUT2D eigenvalue weighted by atomic mass is 16.3. The Morgan fingerprint density at radius 2 is 1.44 bits per heavy atom. The van der Waals surface area contributed by atoms with Gasteiger partial charge in [0.15, 0.2) is 0 Å². The summed E-state index contributed by atoms with van der Waals surface area (Å²) in [4.78, 5) is 0. The summed E-state index contributed by atoms with van der Waals surface area (Å²) in [6, 6.07) is 0. The zero-order valence-electron chi connectivity index (χ0n) is 22.7. The molecule has 190 valence electrons. The summed E-state index contributed by atoms with van der Waals surface area (Å²) >= 11 is 0. The van der Waals surface area contributed by atoms with Crippen LogP contribution in [-0.4, -0.2) is 23.3 Å². The van der Waals surface area contributed by atoms with E-state index in [9.17, 15) is 5.11 Å². The molecular weight excluding hydrogens is 390 g/mol. The van der Waals surface area contributed by atoms with Gasteiger partial charge in [0, 0.05) is 12.1 Å². The fraction of sp³-hybridized carbons (Fsp3) is 0.867. The van der Waals surface area contributed by atoms with Crippen LogP contribution in [0.4, 0.5) is 0 Å². The summed E-state index contributed by atoms with van der Waals surface area (Å²) in [6.45, 7) is 16.8. The van der Waals surface area contributed by atoms with Crippen molar-refractivity contribution < 1.29 is 5.11 Å². The molecule has 0 bridgehead atoms. The van der Waals surface area contributed by atoms with Crippen LogP contribution in [0.2, 0.25) is 0 Å². The fourth-order valence-corrected chi connectivity index (χ4v) is 4.44. The van der Waals surface area contributed by atoms with Gasteiger partial charge in [0.05, 0.1) is 6.10 Å². The summed E-state index contributed by atoms with van der Waals surface area (Å²) in [5.41, 5.74) is 0.462. The quantitative estimate of drug-likeness (QED) is 0.120. The number of allylic oxidation sites excluding steroid dienone is 1. The number of rotatable bonds is 23. The van der Waals surface area contributed by atoms with Gasteiger partial charge in [0.2, 0.25) is 0 Å². The topological polar surface area (TPSA) is 32.3 Å². The molecule has 0 heterocycles. The molecule has 0 fully saturated rings. The molecule has 3 atom stereocenters. The lowest BCUT2D eigenvalue weighted by atomic mass is 9.81. The molecule has 0 aromatic heterocycles. The van der Waals surface area contributed by atoms with E-state index in [2.05, 4.69) is 58.7 Å². The van der Waals surface area contributed by atoms with Crippen molar-refractivity contribution in [2.24, 2.45) is 5.41 Å². The lowest BCUT2D eigenvalue weighted by Gasteiger charge is -2.35. The Labute approximate surface area is 202 Å². The summed E-state index contributed by atoms with van der Waals surface area (Å²) in [7, 11) is 0. The third-order valence-corrected chi connectivity index (χ3v) is 7.36. The maximum atomic E-state index is 10.0. The molecule has 0 rings (SSSR count). The lowest BCUT2D eigenvalue weighted by Crippen LogP contribution is -2.45. The summed E-state index contributed by atoms with van der Waals surface area (Å²) < 4.78 is 0. The van der Waals surface area contributed by atoms with Gasteiger partial charge < -0.3 is 10.4 Å². The number of nitrogens with one attached hydrogen (secondary N) is 1. The molecule has 0 spiro atoms. The summed E-state index contributed by atoms with van der Waals surface area (Å²) in [6.07, 6.45) is 27.2. The number of aliphatic hydroxyl groups excluding tert-OH is 1. The van der Waals surface area contributed by atoms with Gasteiger partial charge in [0.1, 0.15) is 0 Å². The smallest absolute Gasteiger partial charge is 0.0720 e. The standard InChI is InChI=1S/C30H59NO/c1-7-11-12-17-20-23-28(32)24-21-18-15-13-14-16-19-22-26-30(6,10-4)31-27-29(5,9-3)25-8-2/h10,21,24,28,31-32H,4,7-9,11-20,22-23,25-27H2,1-3,5-6H3/b24-21+. The molecular formula is C30H59NO. The van der Waals surface area contributed by atoms with Crippen LogP contribution in [0.25, 0.3) is 0 Å². The second kappa shape index (κ2) is 19.8. The zero-order valence-corrected chi connectivity index (χ0v) is 22.7. The van der Waals surface area contributed by atoms with Crippen molar-refractivity contribution in [2.75, 3.05) is 6.54 Å². The Hall–Kier alpha value is -0.600. The van der Waals surface area contributed by atoms with Gasteiger partial charge in [-0.15, -0.1) is 6.58 Å². The second-order valence-corrected chi connectivity index (χ2v) is 10.7. The largest absolute Gasteiger partial charge is 0.389 e. The van der Waals surface area contributed by atoms with Crippen molar-refractivity contribution >= 4 is 0 Å². The number of hydrogen-bond donors (Lipinski definition) is 2. The van der Waals surface area contributed by atoms with E-state index in [1.54, 1.807) is 0 Å². The predicted molar refractivity (Wildman–Crippen MR) is 145 cm³/mol. The van der Waals surface area contributed by atoms with E-state index in [-0.39, 0.29) is 11.6 Å². The Morgan fingerprint density at radius 3 is 2.06 bits per heavy atom. The van der Waals surface area contributed by atoms with Crippen LogP contribution < -0.4 is 5.32 Å². The fourth-order valence-electron chi connectivity index (χ4n) is 4.44. The van der Waals surface area contributed by atoms with Crippen molar-refractivity contribution in [1.29, 1.82) is 0 Å². The highest BCUT2D eigenvalue weighted by Gasteiger charge is 2.26. The van der Waals surface area contributed by atoms with Crippen molar-refractivity contribution in [3.05, 3.63) is 24.8 Å². The molecule has 0 aromatic carbocycles. The molecule has 0 aliphatic carbocycles. The summed E-state index contributed by atoms with van der Waals surface area (Å²) in [5, 5.41) is 13.8.